The van der Waals surface area contributed by atoms with E-state index in [0.717, 1.165) is 35.2 Å². The molecule has 0 bridgehead atoms. The van der Waals surface area contributed by atoms with Gasteiger partial charge in [-0.05, 0) is 48.4 Å². The average Bonchev–Trinajstić information content (AvgIpc) is 3.35. The molecule has 0 fully saturated rings. The van der Waals surface area contributed by atoms with Gasteiger partial charge < -0.3 is 15.0 Å². The number of hydrogen-bond acceptors (Lipinski definition) is 6. The summed E-state index contributed by atoms with van der Waals surface area (Å²) in [7, 11) is 0. The standard InChI is InChI=1S/C24H29N3O3S2/c1-15(2)16-6-8-17(9-7-16)30-12-11-25-21(28)10-13-31-14-20-26-23(29)22-18-4-3-5-19(18)32-24(22)27-20/h6-9,15H,3-5,10-14H2,1-2H3,(H,25,28)(H,26,27,29). The maximum Gasteiger partial charge on any atom is 0.259 e. The van der Waals surface area contributed by atoms with Gasteiger partial charge in [0.15, 0.2) is 0 Å². The van der Waals surface area contributed by atoms with Crippen molar-refractivity contribution < 1.29 is 9.53 Å². The van der Waals surface area contributed by atoms with Gasteiger partial charge in [0.2, 0.25) is 5.91 Å². The molecule has 3 aromatic rings. The van der Waals surface area contributed by atoms with Crippen LogP contribution in [-0.4, -0.2) is 34.8 Å². The van der Waals surface area contributed by atoms with Gasteiger partial charge in [0.05, 0.1) is 17.7 Å². The van der Waals surface area contributed by atoms with Gasteiger partial charge in [-0.3, -0.25) is 9.59 Å². The van der Waals surface area contributed by atoms with Crippen molar-refractivity contribution in [3.63, 3.8) is 0 Å². The van der Waals surface area contributed by atoms with E-state index in [1.54, 1.807) is 23.1 Å². The van der Waals surface area contributed by atoms with Crippen molar-refractivity contribution in [1.29, 1.82) is 0 Å². The highest BCUT2D eigenvalue weighted by Gasteiger charge is 2.21. The molecule has 0 saturated carbocycles. The van der Waals surface area contributed by atoms with Crippen molar-refractivity contribution in [1.82, 2.24) is 15.3 Å². The van der Waals surface area contributed by atoms with E-state index in [1.165, 1.54) is 16.0 Å². The monoisotopic (exact) mass is 471 g/mol. The Morgan fingerprint density at radius 2 is 2.09 bits per heavy atom. The van der Waals surface area contributed by atoms with Gasteiger partial charge in [0, 0.05) is 17.1 Å². The Morgan fingerprint density at radius 3 is 2.88 bits per heavy atom. The van der Waals surface area contributed by atoms with E-state index in [0.29, 0.717) is 42.8 Å². The van der Waals surface area contributed by atoms with E-state index >= 15 is 0 Å². The zero-order valence-electron chi connectivity index (χ0n) is 18.5. The van der Waals surface area contributed by atoms with E-state index in [-0.39, 0.29) is 11.5 Å². The largest absolute Gasteiger partial charge is 0.492 e. The fourth-order valence-electron chi connectivity index (χ4n) is 3.85. The topological polar surface area (TPSA) is 84.1 Å². The highest BCUT2D eigenvalue weighted by atomic mass is 32.2. The molecule has 8 heteroatoms. The summed E-state index contributed by atoms with van der Waals surface area (Å²) in [6.07, 6.45) is 3.60. The highest BCUT2D eigenvalue weighted by Crippen LogP contribution is 2.34. The molecule has 0 aliphatic heterocycles. The first kappa shape index (κ1) is 22.9. The van der Waals surface area contributed by atoms with E-state index in [2.05, 4.69) is 41.3 Å². The third-order valence-electron chi connectivity index (χ3n) is 5.58. The lowest BCUT2D eigenvalue weighted by Gasteiger charge is -2.09. The molecule has 1 amide bonds. The number of nitrogens with one attached hydrogen (secondary N) is 2. The van der Waals surface area contributed by atoms with Gasteiger partial charge in [-0.2, -0.15) is 11.8 Å². The molecule has 0 radical (unpaired) electrons. The van der Waals surface area contributed by atoms with E-state index in [9.17, 15) is 9.59 Å². The molecule has 6 nitrogen and oxygen atoms in total. The fraction of sp³-hybridized carbons (Fsp3) is 0.458. The third-order valence-corrected chi connectivity index (χ3v) is 7.73. The first-order valence-corrected chi connectivity index (χ1v) is 13.1. The fourth-order valence-corrected chi connectivity index (χ4v) is 5.93. The van der Waals surface area contributed by atoms with Crippen molar-refractivity contribution in [2.24, 2.45) is 0 Å². The summed E-state index contributed by atoms with van der Waals surface area (Å²) in [6, 6.07) is 8.07. The van der Waals surface area contributed by atoms with Crippen molar-refractivity contribution in [3.8, 4) is 5.75 Å². The number of thioether (sulfide) groups is 1. The number of carbonyl (C=O) groups excluding carboxylic acids is 1. The molecule has 0 saturated heterocycles. The molecule has 0 unspecified atom stereocenters. The second-order valence-electron chi connectivity index (χ2n) is 8.27. The number of benzene rings is 1. The van der Waals surface area contributed by atoms with Crippen LogP contribution in [0, 0.1) is 0 Å². The van der Waals surface area contributed by atoms with E-state index < -0.39 is 0 Å². The molecule has 2 aromatic heterocycles. The molecule has 1 aliphatic rings. The number of hydrogen-bond donors (Lipinski definition) is 2. The number of fused-ring (bicyclic) bond motifs is 3. The Kier molecular flexibility index (Phi) is 7.52. The predicted octanol–water partition coefficient (Wildman–Crippen LogP) is 4.42. The molecular formula is C24H29N3O3S2. The van der Waals surface area contributed by atoms with Crippen molar-refractivity contribution in [3.05, 3.63) is 56.4 Å². The Labute approximate surface area is 196 Å². The number of ether oxygens (including phenoxy) is 1. The number of H-pyrrole nitrogens is 1. The third kappa shape index (κ3) is 5.53. The van der Waals surface area contributed by atoms with Gasteiger partial charge in [-0.1, -0.05) is 26.0 Å². The first-order valence-electron chi connectivity index (χ1n) is 11.1. The SMILES string of the molecule is CC(C)c1ccc(OCCNC(=O)CCSCc2nc3sc4c(c3c(=O)[nH]2)CCC4)cc1. The normalized spacial score (nSPS) is 13.0. The molecule has 1 aromatic carbocycles. The Morgan fingerprint density at radius 1 is 1.28 bits per heavy atom. The smallest absolute Gasteiger partial charge is 0.259 e. The van der Waals surface area contributed by atoms with E-state index in [1.807, 2.05) is 12.1 Å². The van der Waals surface area contributed by atoms with Crippen LogP contribution in [0.15, 0.2) is 29.1 Å². The predicted molar refractivity (Wildman–Crippen MR) is 132 cm³/mol. The van der Waals surface area contributed by atoms with Crippen LogP contribution in [0.2, 0.25) is 0 Å². The molecular weight excluding hydrogens is 442 g/mol. The summed E-state index contributed by atoms with van der Waals surface area (Å²) in [6.45, 7) is 5.24. The van der Waals surface area contributed by atoms with Crippen LogP contribution in [0.25, 0.3) is 10.2 Å². The van der Waals surface area contributed by atoms with Crippen LogP contribution < -0.4 is 15.6 Å². The zero-order valence-corrected chi connectivity index (χ0v) is 20.2. The van der Waals surface area contributed by atoms with Crippen molar-refractivity contribution in [2.45, 2.75) is 51.2 Å². The van der Waals surface area contributed by atoms with Crippen LogP contribution in [0.5, 0.6) is 5.75 Å². The molecule has 170 valence electrons. The van der Waals surface area contributed by atoms with Gasteiger partial charge >= 0.3 is 0 Å². The van der Waals surface area contributed by atoms with Crippen LogP contribution in [0.1, 0.15) is 54.4 Å². The summed E-state index contributed by atoms with van der Waals surface area (Å²) in [5, 5.41) is 3.67. The van der Waals surface area contributed by atoms with Gasteiger partial charge in [0.1, 0.15) is 23.0 Å². The second kappa shape index (κ2) is 10.5. The number of nitrogens with zero attached hydrogens (tertiary/aromatic N) is 1. The number of rotatable bonds is 10. The summed E-state index contributed by atoms with van der Waals surface area (Å²) in [5.74, 6) is 3.26. The Hall–Kier alpha value is -2.32. The van der Waals surface area contributed by atoms with Crippen LogP contribution in [0.4, 0.5) is 0 Å². The molecule has 1 aliphatic carbocycles. The lowest BCUT2D eigenvalue weighted by molar-refractivity contribution is -0.120. The Bertz CT molecular complexity index is 1140. The minimum absolute atomic E-state index is 0.00263. The number of aryl methyl sites for hydroxylation is 2. The maximum atomic E-state index is 12.5. The van der Waals surface area contributed by atoms with Gasteiger partial charge in [-0.25, -0.2) is 4.98 Å². The van der Waals surface area contributed by atoms with Crippen molar-refractivity contribution >= 4 is 39.2 Å². The molecule has 0 spiro atoms. The zero-order chi connectivity index (χ0) is 22.5. The maximum absolute atomic E-state index is 12.5. The lowest BCUT2D eigenvalue weighted by Crippen LogP contribution is -2.28. The minimum Gasteiger partial charge on any atom is -0.492 e. The second-order valence-corrected chi connectivity index (χ2v) is 10.5. The Balaban J connectivity index is 1.14. The first-order chi connectivity index (χ1) is 15.5. The summed E-state index contributed by atoms with van der Waals surface area (Å²) in [5.41, 5.74) is 2.45. The number of aromatic nitrogens is 2. The summed E-state index contributed by atoms with van der Waals surface area (Å²) >= 11 is 3.26. The molecule has 0 atom stereocenters. The van der Waals surface area contributed by atoms with Gasteiger partial charge in [-0.15, -0.1) is 11.3 Å². The summed E-state index contributed by atoms with van der Waals surface area (Å²) in [4.78, 5) is 34.3. The molecule has 2 heterocycles. The van der Waals surface area contributed by atoms with E-state index in [4.69, 9.17) is 4.74 Å². The number of thiophene rings is 1. The minimum atomic E-state index is -0.0263. The lowest BCUT2D eigenvalue weighted by atomic mass is 10.0. The van der Waals surface area contributed by atoms with Crippen molar-refractivity contribution in [2.75, 3.05) is 18.9 Å². The number of aromatic amines is 1. The summed E-state index contributed by atoms with van der Waals surface area (Å²) < 4.78 is 5.68. The number of amides is 1. The van der Waals surface area contributed by atoms with Crippen LogP contribution in [0.3, 0.4) is 0 Å². The van der Waals surface area contributed by atoms with Gasteiger partial charge in [0.25, 0.3) is 5.56 Å². The molecule has 4 rings (SSSR count). The quantitative estimate of drug-likeness (QED) is 0.428. The molecule has 2 N–H and O–H groups in total. The van der Waals surface area contributed by atoms with Crippen LogP contribution in [-0.2, 0) is 23.4 Å². The highest BCUT2D eigenvalue weighted by molar-refractivity contribution is 7.98. The number of carbonyl (C=O) groups is 1. The molecule has 32 heavy (non-hydrogen) atoms. The average molecular weight is 472 g/mol. The van der Waals surface area contributed by atoms with Crippen LogP contribution >= 0.6 is 23.1 Å².